The van der Waals surface area contributed by atoms with Crippen molar-refractivity contribution in [2.45, 2.75) is 13.3 Å². The van der Waals surface area contributed by atoms with Gasteiger partial charge in [0.15, 0.2) is 0 Å². The van der Waals surface area contributed by atoms with Gasteiger partial charge in [0.25, 0.3) is 5.91 Å². The monoisotopic (exact) mass is 334 g/mol. The minimum absolute atomic E-state index is 0.162. The van der Waals surface area contributed by atoms with Gasteiger partial charge in [0.2, 0.25) is 0 Å². The molecule has 2 aromatic rings. The molecule has 0 unspecified atom stereocenters. The van der Waals surface area contributed by atoms with Crippen LogP contribution >= 0.6 is 22.9 Å². The van der Waals surface area contributed by atoms with E-state index >= 15 is 0 Å². The summed E-state index contributed by atoms with van der Waals surface area (Å²) in [6.45, 7) is 5.31. The quantitative estimate of drug-likeness (QED) is 0.849. The van der Waals surface area contributed by atoms with Gasteiger partial charge in [-0.2, -0.15) is 0 Å². The number of halogens is 1. The molecule has 0 atom stereocenters. The van der Waals surface area contributed by atoms with Crippen LogP contribution in [0.1, 0.15) is 21.5 Å². The summed E-state index contributed by atoms with van der Waals surface area (Å²) in [5.41, 5.74) is 1.13. The van der Waals surface area contributed by atoms with Gasteiger partial charge in [0.1, 0.15) is 0 Å². The summed E-state index contributed by atoms with van der Waals surface area (Å²) in [5.74, 6) is 0.162. The lowest BCUT2D eigenvalue weighted by atomic mass is 10.2. The smallest absolute Gasteiger partial charge is 0.264 e. The van der Waals surface area contributed by atoms with Gasteiger partial charge in [-0.25, -0.2) is 0 Å². The lowest BCUT2D eigenvalue weighted by Gasteiger charge is -2.36. The zero-order chi connectivity index (χ0) is 15.5. The third kappa shape index (κ3) is 3.28. The third-order valence-electron chi connectivity index (χ3n) is 3.96. The van der Waals surface area contributed by atoms with E-state index in [0.29, 0.717) is 0 Å². The van der Waals surface area contributed by atoms with E-state index in [1.165, 1.54) is 4.88 Å². The average molecular weight is 335 g/mol. The highest BCUT2D eigenvalue weighted by Crippen LogP contribution is 2.23. The van der Waals surface area contributed by atoms with Crippen LogP contribution in [0.4, 0.5) is 5.69 Å². The van der Waals surface area contributed by atoms with Gasteiger partial charge < -0.3 is 9.80 Å². The van der Waals surface area contributed by atoms with Gasteiger partial charge in [0.05, 0.1) is 4.88 Å². The Balaban J connectivity index is 1.62. The number of anilines is 1. The highest BCUT2D eigenvalue weighted by Gasteiger charge is 2.23. The van der Waals surface area contributed by atoms with Crippen LogP contribution in [0.3, 0.4) is 0 Å². The molecule has 0 N–H and O–H groups in total. The number of nitrogens with zero attached hydrogens (tertiary/aromatic N) is 2. The molecule has 0 saturated carbocycles. The van der Waals surface area contributed by atoms with E-state index in [1.54, 1.807) is 11.3 Å². The van der Waals surface area contributed by atoms with E-state index in [4.69, 9.17) is 11.6 Å². The molecule has 1 aliphatic rings. The maximum absolute atomic E-state index is 12.5. The van der Waals surface area contributed by atoms with Crippen LogP contribution < -0.4 is 4.90 Å². The molecule has 5 heteroatoms. The Morgan fingerprint density at radius 3 is 2.59 bits per heavy atom. The number of benzene rings is 1. The molecule has 0 radical (unpaired) electrons. The summed E-state index contributed by atoms with van der Waals surface area (Å²) in [4.78, 5) is 18.9. The van der Waals surface area contributed by atoms with Crippen molar-refractivity contribution < 1.29 is 4.79 Å². The maximum atomic E-state index is 12.5. The number of piperazine rings is 1. The van der Waals surface area contributed by atoms with Crippen LogP contribution in [-0.4, -0.2) is 37.0 Å². The Morgan fingerprint density at radius 2 is 1.95 bits per heavy atom. The van der Waals surface area contributed by atoms with Crippen molar-refractivity contribution in [1.29, 1.82) is 0 Å². The Morgan fingerprint density at radius 1 is 1.18 bits per heavy atom. The standard InChI is InChI=1S/C17H19ClN2OS/c1-2-15-6-7-16(22-15)17(21)20-10-8-19(9-11-20)14-5-3-4-13(18)12-14/h3-7,12H,2,8-11H2,1H3. The lowest BCUT2D eigenvalue weighted by molar-refractivity contribution is 0.0751. The van der Waals surface area contributed by atoms with Crippen molar-refractivity contribution in [3.05, 3.63) is 51.2 Å². The number of amides is 1. The molecule has 1 aromatic carbocycles. The number of thiophene rings is 1. The van der Waals surface area contributed by atoms with E-state index < -0.39 is 0 Å². The van der Waals surface area contributed by atoms with E-state index in [9.17, 15) is 4.79 Å². The topological polar surface area (TPSA) is 23.6 Å². The van der Waals surface area contributed by atoms with Crippen LogP contribution in [0.2, 0.25) is 5.02 Å². The lowest BCUT2D eigenvalue weighted by Crippen LogP contribution is -2.48. The second-order valence-electron chi connectivity index (χ2n) is 5.38. The first-order valence-electron chi connectivity index (χ1n) is 7.56. The second kappa shape index (κ2) is 6.71. The number of rotatable bonds is 3. The molecule has 1 amide bonds. The van der Waals surface area contributed by atoms with E-state index in [1.807, 2.05) is 29.2 Å². The molecule has 1 aromatic heterocycles. The van der Waals surface area contributed by atoms with Crippen molar-refractivity contribution >= 4 is 34.5 Å². The SMILES string of the molecule is CCc1ccc(C(=O)N2CCN(c3cccc(Cl)c3)CC2)s1. The summed E-state index contributed by atoms with van der Waals surface area (Å²) < 4.78 is 0. The Labute approximate surface area is 140 Å². The Hall–Kier alpha value is -1.52. The number of carbonyl (C=O) groups is 1. The fourth-order valence-electron chi connectivity index (χ4n) is 2.68. The van der Waals surface area contributed by atoms with Crippen LogP contribution in [0, 0.1) is 0 Å². The molecule has 1 fully saturated rings. The summed E-state index contributed by atoms with van der Waals surface area (Å²) in [7, 11) is 0. The molecule has 1 saturated heterocycles. The highest BCUT2D eigenvalue weighted by molar-refractivity contribution is 7.14. The van der Waals surface area contributed by atoms with Gasteiger partial charge >= 0.3 is 0 Å². The Kier molecular flexibility index (Phi) is 4.69. The van der Waals surface area contributed by atoms with Crippen molar-refractivity contribution in [3.8, 4) is 0 Å². The fourth-order valence-corrected chi connectivity index (χ4v) is 3.78. The highest BCUT2D eigenvalue weighted by atomic mass is 35.5. The molecule has 0 spiro atoms. The van der Waals surface area contributed by atoms with Crippen LogP contribution in [0.25, 0.3) is 0 Å². The number of hydrogen-bond acceptors (Lipinski definition) is 3. The van der Waals surface area contributed by atoms with E-state index in [-0.39, 0.29) is 5.91 Å². The third-order valence-corrected chi connectivity index (χ3v) is 5.41. The molecule has 0 bridgehead atoms. The fraction of sp³-hybridized carbons (Fsp3) is 0.353. The normalized spacial score (nSPS) is 15.2. The number of aryl methyl sites for hydroxylation is 1. The van der Waals surface area contributed by atoms with Crippen molar-refractivity contribution in [2.24, 2.45) is 0 Å². The van der Waals surface area contributed by atoms with Crippen LogP contribution in [0.5, 0.6) is 0 Å². The molecular formula is C17H19ClN2OS. The van der Waals surface area contributed by atoms with E-state index in [2.05, 4.69) is 24.0 Å². The predicted octanol–water partition coefficient (Wildman–Crippen LogP) is 3.93. The first kappa shape index (κ1) is 15.4. The van der Waals surface area contributed by atoms with Gasteiger partial charge in [-0.1, -0.05) is 24.6 Å². The molecule has 22 heavy (non-hydrogen) atoms. The van der Waals surface area contributed by atoms with Gasteiger partial charge in [-0.15, -0.1) is 11.3 Å². The second-order valence-corrected chi connectivity index (χ2v) is 6.98. The average Bonchev–Trinajstić information content (AvgIpc) is 3.03. The van der Waals surface area contributed by atoms with Gasteiger partial charge in [0, 0.05) is 41.8 Å². The summed E-state index contributed by atoms with van der Waals surface area (Å²) in [5, 5.41) is 0.752. The predicted molar refractivity (Wildman–Crippen MR) is 93.3 cm³/mol. The molecule has 116 valence electrons. The van der Waals surface area contributed by atoms with Crippen LogP contribution in [0.15, 0.2) is 36.4 Å². The summed E-state index contributed by atoms with van der Waals surface area (Å²) in [6, 6.07) is 11.9. The number of carbonyl (C=O) groups excluding carboxylic acids is 1. The molecule has 0 aliphatic carbocycles. The molecular weight excluding hydrogens is 316 g/mol. The summed E-state index contributed by atoms with van der Waals surface area (Å²) >= 11 is 7.66. The minimum Gasteiger partial charge on any atom is -0.368 e. The Bertz CT molecular complexity index is 662. The number of hydrogen-bond donors (Lipinski definition) is 0. The zero-order valence-electron chi connectivity index (χ0n) is 12.6. The zero-order valence-corrected chi connectivity index (χ0v) is 14.2. The molecule has 2 heterocycles. The first-order chi connectivity index (χ1) is 10.7. The minimum atomic E-state index is 0.162. The van der Waals surface area contributed by atoms with Gasteiger partial charge in [-0.3, -0.25) is 4.79 Å². The van der Waals surface area contributed by atoms with Crippen molar-refractivity contribution in [1.82, 2.24) is 4.90 Å². The van der Waals surface area contributed by atoms with E-state index in [0.717, 1.165) is 48.2 Å². The maximum Gasteiger partial charge on any atom is 0.264 e. The molecule has 3 nitrogen and oxygen atoms in total. The van der Waals surface area contributed by atoms with Crippen molar-refractivity contribution in [2.75, 3.05) is 31.1 Å². The van der Waals surface area contributed by atoms with Gasteiger partial charge in [-0.05, 0) is 36.8 Å². The summed E-state index contributed by atoms with van der Waals surface area (Å²) in [6.07, 6.45) is 0.987. The van der Waals surface area contributed by atoms with Crippen molar-refractivity contribution in [3.63, 3.8) is 0 Å². The first-order valence-corrected chi connectivity index (χ1v) is 8.75. The molecule has 3 rings (SSSR count). The molecule has 1 aliphatic heterocycles. The largest absolute Gasteiger partial charge is 0.368 e. The van der Waals surface area contributed by atoms with Crippen LogP contribution in [-0.2, 0) is 6.42 Å².